The summed E-state index contributed by atoms with van der Waals surface area (Å²) in [5, 5.41) is 9.19. The minimum Gasteiger partial charge on any atom is -0.507 e. The van der Waals surface area contributed by atoms with Crippen LogP contribution in [0.5, 0.6) is 5.75 Å². The Morgan fingerprint density at radius 2 is 2.25 bits per heavy atom. The van der Waals surface area contributed by atoms with Crippen LogP contribution in [0.2, 0.25) is 0 Å². The summed E-state index contributed by atoms with van der Waals surface area (Å²) in [5.41, 5.74) is 5.78. The lowest BCUT2D eigenvalue weighted by Gasteiger charge is -1.97. The molecule has 0 fully saturated rings. The summed E-state index contributed by atoms with van der Waals surface area (Å²) in [5.74, 6) is -0.517. The van der Waals surface area contributed by atoms with Gasteiger partial charge in [0.25, 0.3) is 0 Å². The molecule has 1 aromatic rings. The molecule has 1 aromatic carbocycles. The van der Waals surface area contributed by atoms with Gasteiger partial charge in [-0.1, -0.05) is 12.2 Å². The number of hydrogen-bond donors (Lipinski definition) is 2. The monoisotopic (exact) mass is 167 g/mol. The second kappa shape index (κ2) is 3.88. The molecule has 0 unspecified atom stereocenters. The van der Waals surface area contributed by atoms with Crippen molar-refractivity contribution in [2.75, 3.05) is 6.54 Å². The minimum absolute atomic E-state index is 0.0697. The maximum Gasteiger partial charge on any atom is 0.126 e. The summed E-state index contributed by atoms with van der Waals surface area (Å²) in [6.45, 7) is 0.400. The van der Waals surface area contributed by atoms with Gasteiger partial charge in [-0.25, -0.2) is 4.39 Å². The van der Waals surface area contributed by atoms with Gasteiger partial charge in [-0.2, -0.15) is 0 Å². The Hall–Kier alpha value is -1.35. The normalized spacial score (nSPS) is 10.8. The van der Waals surface area contributed by atoms with E-state index in [4.69, 9.17) is 5.73 Å². The Bertz CT molecular complexity index is 297. The van der Waals surface area contributed by atoms with Crippen molar-refractivity contribution in [3.05, 3.63) is 35.7 Å². The molecule has 0 aliphatic heterocycles. The van der Waals surface area contributed by atoms with E-state index in [2.05, 4.69) is 0 Å². The third kappa shape index (κ3) is 2.07. The molecule has 3 heteroatoms. The first kappa shape index (κ1) is 8.74. The molecule has 64 valence electrons. The maximum absolute atomic E-state index is 12.5. The van der Waals surface area contributed by atoms with Crippen molar-refractivity contribution in [3.63, 3.8) is 0 Å². The van der Waals surface area contributed by atoms with Gasteiger partial charge in [0.1, 0.15) is 11.6 Å². The highest BCUT2D eigenvalue weighted by molar-refractivity contribution is 5.56. The fourth-order valence-electron chi connectivity index (χ4n) is 0.853. The van der Waals surface area contributed by atoms with Crippen LogP contribution in [0.15, 0.2) is 24.3 Å². The average molecular weight is 167 g/mol. The lowest BCUT2D eigenvalue weighted by Crippen LogP contribution is -1.92. The summed E-state index contributed by atoms with van der Waals surface area (Å²) in [7, 11) is 0. The highest BCUT2D eigenvalue weighted by Gasteiger charge is 1.97. The Morgan fingerprint density at radius 1 is 1.50 bits per heavy atom. The lowest BCUT2D eigenvalue weighted by atomic mass is 10.2. The zero-order chi connectivity index (χ0) is 8.97. The summed E-state index contributed by atoms with van der Waals surface area (Å²) in [6.07, 6.45) is 3.34. The average Bonchev–Trinajstić information content (AvgIpc) is 2.03. The molecule has 0 aliphatic carbocycles. The van der Waals surface area contributed by atoms with Crippen molar-refractivity contribution in [1.29, 1.82) is 0 Å². The van der Waals surface area contributed by atoms with Crippen LogP contribution in [0.4, 0.5) is 4.39 Å². The highest BCUT2D eigenvalue weighted by Crippen LogP contribution is 2.18. The number of benzene rings is 1. The van der Waals surface area contributed by atoms with Crippen molar-refractivity contribution >= 4 is 6.08 Å². The van der Waals surface area contributed by atoms with E-state index in [1.807, 2.05) is 0 Å². The van der Waals surface area contributed by atoms with Gasteiger partial charge in [0.15, 0.2) is 0 Å². The van der Waals surface area contributed by atoms with Crippen LogP contribution >= 0.6 is 0 Å². The Kier molecular flexibility index (Phi) is 2.82. The largest absolute Gasteiger partial charge is 0.507 e. The predicted octanol–water partition coefficient (Wildman–Crippen LogP) is 1.50. The number of nitrogens with two attached hydrogens (primary N) is 1. The zero-order valence-electron chi connectivity index (χ0n) is 6.50. The van der Waals surface area contributed by atoms with Crippen molar-refractivity contribution in [1.82, 2.24) is 0 Å². The molecule has 0 heterocycles. The quantitative estimate of drug-likeness (QED) is 0.701. The lowest BCUT2D eigenvalue weighted by molar-refractivity contribution is 0.468. The van der Waals surface area contributed by atoms with Crippen LogP contribution in [0.1, 0.15) is 5.56 Å². The number of hydrogen-bond acceptors (Lipinski definition) is 2. The molecule has 12 heavy (non-hydrogen) atoms. The van der Waals surface area contributed by atoms with Crippen LogP contribution in [-0.4, -0.2) is 11.7 Å². The second-order valence-electron chi connectivity index (χ2n) is 2.34. The summed E-state index contributed by atoms with van der Waals surface area (Å²) in [4.78, 5) is 0. The molecular formula is C9H10FNO. The van der Waals surface area contributed by atoms with E-state index in [0.717, 1.165) is 6.07 Å². The molecule has 0 saturated heterocycles. The molecule has 0 radical (unpaired) electrons. The molecule has 0 bridgehead atoms. The highest BCUT2D eigenvalue weighted by atomic mass is 19.1. The van der Waals surface area contributed by atoms with Gasteiger partial charge < -0.3 is 10.8 Å². The Morgan fingerprint density at radius 3 is 2.83 bits per heavy atom. The summed E-state index contributed by atoms with van der Waals surface area (Å²) >= 11 is 0. The Labute approximate surface area is 70.1 Å². The first-order valence-corrected chi connectivity index (χ1v) is 3.59. The smallest absolute Gasteiger partial charge is 0.126 e. The molecule has 0 aliphatic rings. The van der Waals surface area contributed by atoms with E-state index in [1.165, 1.54) is 12.1 Å². The summed E-state index contributed by atoms with van der Waals surface area (Å²) in [6, 6.07) is 3.85. The molecule has 0 spiro atoms. The van der Waals surface area contributed by atoms with E-state index in [9.17, 15) is 9.50 Å². The third-order valence-corrected chi connectivity index (χ3v) is 1.43. The van der Waals surface area contributed by atoms with E-state index < -0.39 is 5.82 Å². The van der Waals surface area contributed by atoms with E-state index in [0.29, 0.717) is 12.1 Å². The molecule has 0 saturated carbocycles. The number of aromatic hydroxyl groups is 1. The van der Waals surface area contributed by atoms with Gasteiger partial charge in [-0.3, -0.25) is 0 Å². The Balaban J connectivity index is 2.94. The molecular weight excluding hydrogens is 157 g/mol. The SMILES string of the molecule is NCC=Cc1ccc(F)cc1O. The van der Waals surface area contributed by atoms with Gasteiger partial charge in [0, 0.05) is 18.2 Å². The van der Waals surface area contributed by atoms with E-state index in [-0.39, 0.29) is 5.75 Å². The molecule has 3 N–H and O–H groups in total. The molecule has 2 nitrogen and oxygen atoms in total. The second-order valence-corrected chi connectivity index (χ2v) is 2.34. The van der Waals surface area contributed by atoms with Crippen molar-refractivity contribution < 1.29 is 9.50 Å². The molecule has 0 amide bonds. The van der Waals surface area contributed by atoms with Crippen LogP contribution in [0.3, 0.4) is 0 Å². The third-order valence-electron chi connectivity index (χ3n) is 1.43. The van der Waals surface area contributed by atoms with Gasteiger partial charge in [0.2, 0.25) is 0 Å². The van der Waals surface area contributed by atoms with Crippen molar-refractivity contribution in [2.24, 2.45) is 5.73 Å². The predicted molar refractivity (Wildman–Crippen MR) is 46.2 cm³/mol. The topological polar surface area (TPSA) is 46.2 Å². The van der Waals surface area contributed by atoms with Crippen molar-refractivity contribution in [3.8, 4) is 5.75 Å². The van der Waals surface area contributed by atoms with Crippen LogP contribution in [0, 0.1) is 5.82 Å². The molecule has 0 aromatic heterocycles. The van der Waals surface area contributed by atoms with Gasteiger partial charge in [-0.05, 0) is 12.1 Å². The minimum atomic E-state index is -0.447. The zero-order valence-corrected chi connectivity index (χ0v) is 6.50. The van der Waals surface area contributed by atoms with Crippen LogP contribution in [0.25, 0.3) is 6.08 Å². The van der Waals surface area contributed by atoms with E-state index >= 15 is 0 Å². The first-order chi connectivity index (χ1) is 5.74. The molecule has 0 atom stereocenters. The van der Waals surface area contributed by atoms with Gasteiger partial charge >= 0.3 is 0 Å². The van der Waals surface area contributed by atoms with Crippen LogP contribution in [-0.2, 0) is 0 Å². The fourth-order valence-corrected chi connectivity index (χ4v) is 0.853. The van der Waals surface area contributed by atoms with Gasteiger partial charge in [-0.15, -0.1) is 0 Å². The van der Waals surface area contributed by atoms with Crippen molar-refractivity contribution in [2.45, 2.75) is 0 Å². The standard InChI is InChI=1S/C9H10FNO/c10-8-4-3-7(2-1-5-11)9(12)6-8/h1-4,6,12H,5,11H2. The fraction of sp³-hybridized carbons (Fsp3) is 0.111. The van der Waals surface area contributed by atoms with Gasteiger partial charge in [0.05, 0.1) is 0 Å². The maximum atomic E-state index is 12.5. The molecule has 1 rings (SSSR count). The number of phenolic OH excluding ortho intramolecular Hbond substituents is 1. The first-order valence-electron chi connectivity index (χ1n) is 3.59. The van der Waals surface area contributed by atoms with E-state index in [1.54, 1.807) is 12.2 Å². The number of phenols is 1. The number of halogens is 1. The summed E-state index contributed by atoms with van der Waals surface area (Å²) < 4.78 is 12.5. The van der Waals surface area contributed by atoms with Crippen LogP contribution < -0.4 is 5.73 Å². The number of rotatable bonds is 2.